The SMILES string of the molecule is COc1nc(OC)c2sc(F)cc2n1. The molecule has 0 spiro atoms. The van der Waals surface area contributed by atoms with E-state index in [9.17, 15) is 4.39 Å². The van der Waals surface area contributed by atoms with Crippen molar-refractivity contribution in [2.45, 2.75) is 0 Å². The summed E-state index contributed by atoms with van der Waals surface area (Å²) in [5.41, 5.74) is 0.496. The molecule has 0 aliphatic rings. The van der Waals surface area contributed by atoms with Crippen LogP contribution < -0.4 is 9.47 Å². The first kappa shape index (κ1) is 9.14. The van der Waals surface area contributed by atoms with Crippen LogP contribution in [-0.2, 0) is 0 Å². The van der Waals surface area contributed by atoms with Crippen molar-refractivity contribution in [2.75, 3.05) is 14.2 Å². The average molecular weight is 214 g/mol. The maximum Gasteiger partial charge on any atom is 0.320 e. The summed E-state index contributed by atoms with van der Waals surface area (Å²) in [6, 6.07) is 1.50. The van der Waals surface area contributed by atoms with Crippen LogP contribution in [0.15, 0.2) is 6.07 Å². The minimum atomic E-state index is -0.319. The Hall–Kier alpha value is -1.43. The highest BCUT2D eigenvalue weighted by Gasteiger charge is 2.12. The summed E-state index contributed by atoms with van der Waals surface area (Å²) in [6.45, 7) is 0. The van der Waals surface area contributed by atoms with Crippen LogP contribution in [0.4, 0.5) is 4.39 Å². The van der Waals surface area contributed by atoms with Gasteiger partial charge < -0.3 is 9.47 Å². The van der Waals surface area contributed by atoms with Crippen LogP contribution in [0, 0.1) is 5.13 Å². The van der Waals surface area contributed by atoms with Gasteiger partial charge in [0.25, 0.3) is 0 Å². The summed E-state index contributed by atoms with van der Waals surface area (Å²) in [4.78, 5) is 7.92. The topological polar surface area (TPSA) is 44.2 Å². The lowest BCUT2D eigenvalue weighted by Gasteiger charge is -2.01. The third-order valence-electron chi connectivity index (χ3n) is 1.67. The van der Waals surface area contributed by atoms with Crippen molar-refractivity contribution < 1.29 is 13.9 Å². The lowest BCUT2D eigenvalue weighted by atomic mass is 10.4. The van der Waals surface area contributed by atoms with Crippen LogP contribution in [0.3, 0.4) is 0 Å². The quantitative estimate of drug-likeness (QED) is 0.765. The second kappa shape index (κ2) is 3.38. The molecule has 14 heavy (non-hydrogen) atoms. The van der Waals surface area contributed by atoms with Gasteiger partial charge in [-0.1, -0.05) is 11.3 Å². The fourth-order valence-electron chi connectivity index (χ4n) is 1.08. The van der Waals surface area contributed by atoms with Crippen molar-refractivity contribution in [3.8, 4) is 11.9 Å². The second-order valence-corrected chi connectivity index (χ2v) is 3.49. The lowest BCUT2D eigenvalue weighted by molar-refractivity contribution is 0.357. The number of nitrogens with zero attached hydrogens (tertiary/aromatic N) is 2. The number of hydrogen-bond acceptors (Lipinski definition) is 5. The molecule has 6 heteroatoms. The molecule has 2 aromatic heterocycles. The largest absolute Gasteiger partial charge is 0.480 e. The zero-order valence-electron chi connectivity index (χ0n) is 7.57. The minimum Gasteiger partial charge on any atom is -0.480 e. The van der Waals surface area contributed by atoms with Crippen LogP contribution in [0.25, 0.3) is 10.2 Å². The van der Waals surface area contributed by atoms with Crippen LogP contribution in [-0.4, -0.2) is 24.2 Å². The van der Waals surface area contributed by atoms with Crippen molar-refractivity contribution in [3.63, 3.8) is 0 Å². The predicted molar refractivity (Wildman–Crippen MR) is 50.5 cm³/mol. The van der Waals surface area contributed by atoms with Crippen molar-refractivity contribution in [1.29, 1.82) is 0 Å². The van der Waals surface area contributed by atoms with E-state index in [0.29, 0.717) is 16.1 Å². The zero-order chi connectivity index (χ0) is 10.1. The van der Waals surface area contributed by atoms with Gasteiger partial charge in [-0.05, 0) is 0 Å². The van der Waals surface area contributed by atoms with Crippen molar-refractivity contribution in [2.24, 2.45) is 0 Å². The monoisotopic (exact) mass is 214 g/mol. The fraction of sp³-hybridized carbons (Fsp3) is 0.250. The Balaban J connectivity index is 2.72. The second-order valence-electron chi connectivity index (χ2n) is 2.48. The molecule has 0 radical (unpaired) electrons. The number of hydrogen-bond donors (Lipinski definition) is 0. The Labute approximate surface area is 83.3 Å². The van der Waals surface area contributed by atoms with Crippen molar-refractivity contribution in [1.82, 2.24) is 9.97 Å². The first-order valence-corrected chi connectivity index (χ1v) is 4.61. The van der Waals surface area contributed by atoms with Gasteiger partial charge in [0.05, 0.1) is 19.7 Å². The first-order valence-electron chi connectivity index (χ1n) is 3.79. The summed E-state index contributed by atoms with van der Waals surface area (Å²) in [6.07, 6.45) is 0. The van der Waals surface area contributed by atoms with E-state index in [0.717, 1.165) is 11.3 Å². The Kier molecular flexibility index (Phi) is 2.20. The summed E-state index contributed by atoms with van der Waals surface area (Å²) < 4.78 is 23.4. The molecule has 0 saturated heterocycles. The Morgan fingerprint density at radius 3 is 2.71 bits per heavy atom. The third kappa shape index (κ3) is 1.37. The van der Waals surface area contributed by atoms with Gasteiger partial charge in [0.2, 0.25) is 5.88 Å². The zero-order valence-corrected chi connectivity index (χ0v) is 8.39. The van der Waals surface area contributed by atoms with Gasteiger partial charge in [0, 0.05) is 6.07 Å². The molecule has 0 amide bonds. The first-order chi connectivity index (χ1) is 6.74. The Morgan fingerprint density at radius 1 is 1.29 bits per heavy atom. The number of thiophene rings is 1. The van der Waals surface area contributed by atoms with E-state index in [2.05, 4.69) is 9.97 Å². The highest BCUT2D eigenvalue weighted by atomic mass is 32.1. The molecule has 0 aliphatic heterocycles. The summed E-state index contributed by atoms with van der Waals surface area (Å²) in [7, 11) is 2.92. The Morgan fingerprint density at radius 2 is 2.07 bits per heavy atom. The van der Waals surface area contributed by atoms with Crippen LogP contribution in [0.2, 0.25) is 0 Å². The molecule has 0 unspecified atom stereocenters. The molecule has 4 nitrogen and oxygen atoms in total. The molecule has 74 valence electrons. The standard InChI is InChI=1S/C8H7FN2O2S/c1-12-7-6-4(3-5(9)14-6)10-8(11-7)13-2/h3H,1-2H3. The molecule has 0 N–H and O–H groups in total. The molecular formula is C8H7FN2O2S. The summed E-state index contributed by atoms with van der Waals surface area (Å²) in [5, 5.41) is -0.319. The molecular weight excluding hydrogens is 207 g/mol. The normalized spacial score (nSPS) is 10.5. The number of fused-ring (bicyclic) bond motifs is 1. The fourth-order valence-corrected chi connectivity index (χ4v) is 1.87. The van der Waals surface area contributed by atoms with E-state index in [1.165, 1.54) is 20.3 Å². The molecule has 2 heterocycles. The van der Waals surface area contributed by atoms with Gasteiger partial charge in [0.1, 0.15) is 4.70 Å². The number of rotatable bonds is 2. The molecule has 2 rings (SSSR count). The predicted octanol–water partition coefficient (Wildman–Crippen LogP) is 1.85. The molecule has 0 aliphatic carbocycles. The minimum absolute atomic E-state index is 0.173. The molecule has 0 aromatic carbocycles. The smallest absolute Gasteiger partial charge is 0.320 e. The number of ether oxygens (including phenoxy) is 2. The maximum absolute atomic E-state index is 12.9. The third-order valence-corrected chi connectivity index (χ3v) is 2.57. The van der Waals surface area contributed by atoms with Gasteiger partial charge in [-0.25, -0.2) is 0 Å². The van der Waals surface area contributed by atoms with Gasteiger partial charge in [-0.3, -0.25) is 0 Å². The van der Waals surface area contributed by atoms with Crippen LogP contribution in [0.1, 0.15) is 0 Å². The van der Waals surface area contributed by atoms with E-state index in [-0.39, 0.29) is 11.1 Å². The summed E-state index contributed by atoms with van der Waals surface area (Å²) >= 11 is 0.950. The van der Waals surface area contributed by atoms with E-state index >= 15 is 0 Å². The highest BCUT2D eigenvalue weighted by Crippen LogP contribution is 2.31. The van der Waals surface area contributed by atoms with Gasteiger partial charge in [-0.15, -0.1) is 0 Å². The molecule has 0 atom stereocenters. The number of halogens is 1. The maximum atomic E-state index is 12.9. The van der Waals surface area contributed by atoms with E-state index in [4.69, 9.17) is 9.47 Å². The lowest BCUT2D eigenvalue weighted by Crippen LogP contribution is -1.94. The number of aromatic nitrogens is 2. The molecule has 0 fully saturated rings. The molecule has 2 aromatic rings. The van der Waals surface area contributed by atoms with Gasteiger partial charge in [-0.2, -0.15) is 14.4 Å². The van der Waals surface area contributed by atoms with Crippen molar-refractivity contribution >= 4 is 21.6 Å². The Bertz CT molecular complexity index is 472. The number of methoxy groups -OCH3 is 2. The van der Waals surface area contributed by atoms with Crippen LogP contribution >= 0.6 is 11.3 Å². The molecule has 0 bridgehead atoms. The van der Waals surface area contributed by atoms with E-state index in [1.807, 2.05) is 0 Å². The van der Waals surface area contributed by atoms with Gasteiger partial charge in [0.15, 0.2) is 5.13 Å². The van der Waals surface area contributed by atoms with Gasteiger partial charge >= 0.3 is 6.01 Å². The van der Waals surface area contributed by atoms with E-state index in [1.54, 1.807) is 0 Å². The summed E-state index contributed by atoms with van der Waals surface area (Å²) in [5.74, 6) is 0.334. The molecule has 0 saturated carbocycles. The van der Waals surface area contributed by atoms with Crippen molar-refractivity contribution in [3.05, 3.63) is 11.2 Å². The average Bonchev–Trinajstić information content (AvgIpc) is 2.56. The van der Waals surface area contributed by atoms with Crippen LogP contribution in [0.5, 0.6) is 11.9 Å². The van der Waals surface area contributed by atoms with E-state index < -0.39 is 0 Å². The highest BCUT2D eigenvalue weighted by molar-refractivity contribution is 7.17.